The highest BCUT2D eigenvalue weighted by Crippen LogP contribution is 2.19. The molecule has 1 aliphatic heterocycles. The molecule has 1 aliphatic rings. The van der Waals surface area contributed by atoms with Gasteiger partial charge in [-0.1, -0.05) is 0 Å². The largest absolute Gasteiger partial charge is 0.336 e. The van der Waals surface area contributed by atoms with Crippen molar-refractivity contribution in [3.8, 4) is 0 Å². The van der Waals surface area contributed by atoms with Crippen LogP contribution in [0.2, 0.25) is 0 Å². The number of nitrogens with one attached hydrogen (secondary N) is 1. The first kappa shape index (κ1) is 12.7. The van der Waals surface area contributed by atoms with Crippen molar-refractivity contribution in [3.05, 3.63) is 34.1 Å². The van der Waals surface area contributed by atoms with Crippen LogP contribution in [0.4, 0.5) is 4.39 Å². The Morgan fingerprint density at radius 3 is 2.89 bits per heavy atom. The average Bonchev–Trinajstić information content (AvgIpc) is 2.61. The van der Waals surface area contributed by atoms with Crippen molar-refractivity contribution in [1.29, 1.82) is 0 Å². The Labute approximate surface area is 111 Å². The van der Waals surface area contributed by atoms with Gasteiger partial charge in [-0.25, -0.2) is 4.39 Å². The summed E-state index contributed by atoms with van der Waals surface area (Å²) in [5.74, 6) is -1.21. The van der Waals surface area contributed by atoms with Crippen LogP contribution in [0, 0.1) is 5.82 Å². The van der Waals surface area contributed by atoms with E-state index in [4.69, 9.17) is 0 Å². The van der Waals surface area contributed by atoms with Crippen LogP contribution >= 0.6 is 15.9 Å². The quantitative estimate of drug-likeness (QED) is 0.846. The maximum atomic E-state index is 13.1. The summed E-state index contributed by atoms with van der Waals surface area (Å²) in [5, 5.41) is 2.45. The van der Waals surface area contributed by atoms with E-state index in [0.29, 0.717) is 4.47 Å². The first-order chi connectivity index (χ1) is 8.47. The van der Waals surface area contributed by atoms with Gasteiger partial charge in [0, 0.05) is 11.5 Å². The van der Waals surface area contributed by atoms with E-state index in [-0.39, 0.29) is 24.0 Å². The topological polar surface area (TPSA) is 61.8 Å². The average molecular weight is 314 g/mol. The van der Waals surface area contributed by atoms with Gasteiger partial charge in [-0.15, -0.1) is 0 Å². The van der Waals surface area contributed by atoms with Crippen molar-refractivity contribution >= 4 is 33.7 Å². The highest BCUT2D eigenvalue weighted by Gasteiger charge is 2.23. The van der Waals surface area contributed by atoms with Crippen LogP contribution in [0.25, 0.3) is 0 Å². The predicted octanol–water partition coefficient (Wildman–Crippen LogP) is 1.15. The number of nitrogens with zero attached hydrogens (tertiary/aromatic N) is 2. The molecule has 0 bridgehead atoms. The molecule has 1 saturated heterocycles. The zero-order valence-electron chi connectivity index (χ0n) is 9.41. The number of benzene rings is 1. The molecule has 7 heteroatoms. The minimum absolute atomic E-state index is 0.108. The standard InChI is InChI=1S/C11H9BrFN3O2/c1-16-5-9(17)14-11(16)15-10(18)7-4-6(13)2-3-8(7)12/h2-4H,5H2,1H3,(H,14,15,17,18). The molecular weight excluding hydrogens is 305 g/mol. The first-order valence-corrected chi connectivity index (χ1v) is 5.86. The van der Waals surface area contributed by atoms with Gasteiger partial charge in [-0.3, -0.25) is 14.9 Å². The Morgan fingerprint density at radius 2 is 2.28 bits per heavy atom. The van der Waals surface area contributed by atoms with Gasteiger partial charge in [-0.05, 0) is 34.1 Å². The minimum atomic E-state index is -0.620. The molecule has 0 radical (unpaired) electrons. The zero-order valence-corrected chi connectivity index (χ0v) is 11.0. The molecule has 0 aliphatic carbocycles. The number of hydrogen-bond donors (Lipinski definition) is 1. The lowest BCUT2D eigenvalue weighted by atomic mass is 10.2. The molecule has 2 amide bonds. The molecule has 94 valence electrons. The fourth-order valence-corrected chi connectivity index (χ4v) is 1.90. The Bertz CT molecular complexity index is 559. The summed E-state index contributed by atoms with van der Waals surface area (Å²) in [6.45, 7) is 0.149. The number of carbonyl (C=O) groups excluding carboxylic acids is 2. The molecule has 18 heavy (non-hydrogen) atoms. The molecule has 1 heterocycles. The lowest BCUT2D eigenvalue weighted by Gasteiger charge is -2.08. The summed E-state index contributed by atoms with van der Waals surface area (Å²) in [6, 6.07) is 3.75. The molecule has 0 spiro atoms. The third kappa shape index (κ3) is 2.56. The maximum absolute atomic E-state index is 13.1. The van der Waals surface area contributed by atoms with Crippen molar-refractivity contribution in [3.63, 3.8) is 0 Å². The van der Waals surface area contributed by atoms with Gasteiger partial charge in [0.1, 0.15) is 5.82 Å². The summed E-state index contributed by atoms with van der Waals surface area (Å²) < 4.78 is 13.5. The molecule has 5 nitrogen and oxygen atoms in total. The molecule has 0 unspecified atom stereocenters. The summed E-state index contributed by atoms with van der Waals surface area (Å²) in [7, 11) is 1.63. The molecule has 0 saturated carbocycles. The minimum Gasteiger partial charge on any atom is -0.336 e. The molecular formula is C11H9BrFN3O2. The van der Waals surface area contributed by atoms with Gasteiger partial charge >= 0.3 is 0 Å². The number of aliphatic imine (C=N–C) groups is 1. The van der Waals surface area contributed by atoms with Crippen molar-refractivity contribution in [2.45, 2.75) is 0 Å². The van der Waals surface area contributed by atoms with Gasteiger partial charge in [0.15, 0.2) is 0 Å². The number of rotatable bonds is 1. The first-order valence-electron chi connectivity index (χ1n) is 5.06. The number of amides is 2. The molecule has 0 aromatic heterocycles. The smallest absolute Gasteiger partial charge is 0.281 e. The molecule has 1 N–H and O–H groups in total. The Balaban J connectivity index is 2.30. The molecule has 1 aromatic rings. The molecule has 0 atom stereocenters. The zero-order chi connectivity index (χ0) is 13.3. The number of likely N-dealkylation sites (N-methyl/N-ethyl adjacent to an activating group) is 1. The van der Waals surface area contributed by atoms with Crippen molar-refractivity contribution in [2.75, 3.05) is 13.6 Å². The second-order valence-electron chi connectivity index (χ2n) is 3.77. The number of halogens is 2. The van der Waals surface area contributed by atoms with Gasteiger partial charge in [0.05, 0.1) is 12.1 Å². The van der Waals surface area contributed by atoms with Crippen LogP contribution in [0.3, 0.4) is 0 Å². The van der Waals surface area contributed by atoms with E-state index in [1.807, 2.05) is 0 Å². The van der Waals surface area contributed by atoms with Crippen molar-refractivity contribution in [2.24, 2.45) is 4.99 Å². The lowest BCUT2D eigenvalue weighted by molar-refractivity contribution is -0.118. The third-order valence-electron chi connectivity index (χ3n) is 2.36. The van der Waals surface area contributed by atoms with E-state index in [2.05, 4.69) is 26.2 Å². The predicted molar refractivity (Wildman–Crippen MR) is 66.6 cm³/mol. The van der Waals surface area contributed by atoms with Crippen molar-refractivity contribution in [1.82, 2.24) is 10.2 Å². The van der Waals surface area contributed by atoms with Crippen LogP contribution in [-0.2, 0) is 4.79 Å². The Kier molecular flexibility index (Phi) is 3.42. The highest BCUT2D eigenvalue weighted by atomic mass is 79.9. The van der Waals surface area contributed by atoms with E-state index in [0.717, 1.165) is 6.07 Å². The van der Waals surface area contributed by atoms with Gasteiger partial charge in [-0.2, -0.15) is 4.99 Å². The second-order valence-corrected chi connectivity index (χ2v) is 4.62. The monoisotopic (exact) mass is 313 g/mol. The van der Waals surface area contributed by atoms with Crippen molar-refractivity contribution < 1.29 is 14.0 Å². The Morgan fingerprint density at radius 1 is 1.56 bits per heavy atom. The second kappa shape index (κ2) is 4.85. The normalized spacial score (nSPS) is 17.2. The van der Waals surface area contributed by atoms with E-state index in [1.165, 1.54) is 17.0 Å². The summed E-state index contributed by atoms with van der Waals surface area (Å²) in [4.78, 5) is 28.2. The van der Waals surface area contributed by atoms with E-state index in [9.17, 15) is 14.0 Å². The van der Waals surface area contributed by atoms with Gasteiger partial charge in [0.25, 0.3) is 5.91 Å². The van der Waals surface area contributed by atoms with Crippen LogP contribution < -0.4 is 5.32 Å². The Hall–Kier alpha value is -1.76. The SMILES string of the molecule is CN1CC(=O)NC1=NC(=O)c1cc(F)ccc1Br. The fourth-order valence-electron chi connectivity index (χ4n) is 1.48. The number of hydrogen-bond acceptors (Lipinski definition) is 2. The summed E-state index contributed by atoms with van der Waals surface area (Å²) in [6.07, 6.45) is 0. The highest BCUT2D eigenvalue weighted by molar-refractivity contribution is 9.10. The van der Waals surface area contributed by atoms with Crippen LogP contribution in [0.5, 0.6) is 0 Å². The summed E-state index contributed by atoms with van der Waals surface area (Å²) >= 11 is 3.15. The van der Waals surface area contributed by atoms with E-state index >= 15 is 0 Å². The van der Waals surface area contributed by atoms with Gasteiger partial charge in [0.2, 0.25) is 11.9 Å². The van der Waals surface area contributed by atoms with Crippen LogP contribution in [0.15, 0.2) is 27.7 Å². The fraction of sp³-hybridized carbons (Fsp3) is 0.182. The molecule has 1 fully saturated rings. The number of carbonyl (C=O) groups is 2. The lowest BCUT2D eigenvalue weighted by Crippen LogP contribution is -2.28. The molecule has 1 aromatic carbocycles. The van der Waals surface area contributed by atoms with Crippen LogP contribution in [-0.4, -0.2) is 36.3 Å². The maximum Gasteiger partial charge on any atom is 0.281 e. The number of guanidine groups is 1. The van der Waals surface area contributed by atoms with E-state index in [1.54, 1.807) is 7.05 Å². The van der Waals surface area contributed by atoms with Gasteiger partial charge < -0.3 is 4.90 Å². The molecule has 2 rings (SSSR count). The third-order valence-corrected chi connectivity index (χ3v) is 3.05. The van der Waals surface area contributed by atoms with E-state index < -0.39 is 11.7 Å². The summed E-state index contributed by atoms with van der Waals surface area (Å²) in [5.41, 5.74) is 0.108. The van der Waals surface area contributed by atoms with Crippen LogP contribution in [0.1, 0.15) is 10.4 Å².